The summed E-state index contributed by atoms with van der Waals surface area (Å²) in [6.07, 6.45) is 1.89. The lowest BCUT2D eigenvalue weighted by atomic mass is 9.95. The number of rotatable bonds is 10. The molecule has 0 aliphatic carbocycles. The van der Waals surface area contributed by atoms with Gasteiger partial charge in [-0.05, 0) is 61.4 Å². The smallest absolute Gasteiger partial charge is 0.301 e. The first-order valence-electron chi connectivity index (χ1n) is 13.2. The molecule has 206 valence electrons. The van der Waals surface area contributed by atoms with Gasteiger partial charge < -0.3 is 19.3 Å². The van der Waals surface area contributed by atoms with Crippen LogP contribution in [-0.4, -0.2) is 42.1 Å². The van der Waals surface area contributed by atoms with Gasteiger partial charge in [0.1, 0.15) is 23.0 Å². The molecular formula is C31H30N2O6S. The van der Waals surface area contributed by atoms with Crippen LogP contribution < -0.4 is 19.1 Å². The van der Waals surface area contributed by atoms with Crippen molar-refractivity contribution in [2.24, 2.45) is 0 Å². The van der Waals surface area contributed by atoms with Crippen LogP contribution in [0.2, 0.25) is 0 Å². The summed E-state index contributed by atoms with van der Waals surface area (Å²) in [7, 11) is 1.56. The van der Waals surface area contributed by atoms with Crippen LogP contribution in [-0.2, 0) is 9.59 Å². The number of ketones is 1. The van der Waals surface area contributed by atoms with Crippen molar-refractivity contribution in [3.63, 3.8) is 0 Å². The maximum atomic E-state index is 13.6. The molecule has 2 heterocycles. The van der Waals surface area contributed by atoms with Crippen molar-refractivity contribution in [2.45, 2.75) is 32.7 Å². The lowest BCUT2D eigenvalue weighted by molar-refractivity contribution is -0.132. The number of aromatic nitrogens is 1. The van der Waals surface area contributed by atoms with E-state index in [1.54, 1.807) is 55.6 Å². The summed E-state index contributed by atoms with van der Waals surface area (Å²) >= 11 is 1.28. The minimum Gasteiger partial charge on any atom is -0.507 e. The zero-order valence-corrected chi connectivity index (χ0v) is 23.4. The van der Waals surface area contributed by atoms with Crippen molar-refractivity contribution in [3.8, 4) is 17.2 Å². The van der Waals surface area contributed by atoms with Crippen molar-refractivity contribution in [3.05, 3.63) is 83.4 Å². The molecule has 1 aromatic heterocycles. The number of carbonyl (C=O) groups excluding carboxylic acids is 2. The summed E-state index contributed by atoms with van der Waals surface area (Å²) in [4.78, 5) is 33.2. The Balaban J connectivity index is 1.63. The summed E-state index contributed by atoms with van der Waals surface area (Å²) < 4.78 is 17.5. The highest BCUT2D eigenvalue weighted by atomic mass is 32.1. The van der Waals surface area contributed by atoms with E-state index in [0.29, 0.717) is 52.2 Å². The summed E-state index contributed by atoms with van der Waals surface area (Å²) in [5, 5.41) is 11.9. The largest absolute Gasteiger partial charge is 0.507 e. The van der Waals surface area contributed by atoms with Gasteiger partial charge in [-0.3, -0.25) is 14.5 Å². The quantitative estimate of drug-likeness (QED) is 0.103. The van der Waals surface area contributed by atoms with Crippen molar-refractivity contribution < 1.29 is 28.9 Å². The van der Waals surface area contributed by atoms with Crippen LogP contribution in [0, 0.1) is 0 Å². The molecule has 1 aliphatic rings. The van der Waals surface area contributed by atoms with Crippen LogP contribution >= 0.6 is 11.3 Å². The number of unbranched alkanes of at least 4 members (excludes halogenated alkanes) is 1. The Morgan fingerprint density at radius 2 is 1.73 bits per heavy atom. The van der Waals surface area contributed by atoms with Gasteiger partial charge in [-0.2, -0.15) is 0 Å². The van der Waals surface area contributed by atoms with Gasteiger partial charge in [-0.25, -0.2) is 4.98 Å². The molecule has 1 aliphatic heterocycles. The van der Waals surface area contributed by atoms with Gasteiger partial charge in [0.05, 0.1) is 42.2 Å². The number of anilines is 1. The zero-order chi connectivity index (χ0) is 28.2. The molecule has 0 radical (unpaired) electrons. The number of aliphatic hydroxyl groups is 1. The second kappa shape index (κ2) is 11.8. The topological polar surface area (TPSA) is 98.2 Å². The van der Waals surface area contributed by atoms with E-state index in [1.165, 1.54) is 16.2 Å². The summed E-state index contributed by atoms with van der Waals surface area (Å²) in [5.41, 5.74) is 1.67. The fourth-order valence-electron chi connectivity index (χ4n) is 4.61. The van der Waals surface area contributed by atoms with E-state index in [-0.39, 0.29) is 11.3 Å². The Morgan fingerprint density at radius 1 is 0.975 bits per heavy atom. The molecule has 1 unspecified atom stereocenters. The van der Waals surface area contributed by atoms with E-state index in [9.17, 15) is 14.7 Å². The number of aliphatic hydroxyl groups excluding tert-OH is 1. The molecule has 1 amide bonds. The lowest BCUT2D eigenvalue weighted by Gasteiger charge is -2.23. The first kappa shape index (κ1) is 27.2. The highest BCUT2D eigenvalue weighted by Gasteiger charge is 2.48. The first-order valence-corrected chi connectivity index (χ1v) is 14.0. The third kappa shape index (κ3) is 5.24. The molecule has 0 bridgehead atoms. The Kier molecular flexibility index (Phi) is 8.02. The Bertz CT molecular complexity index is 1580. The molecule has 9 heteroatoms. The van der Waals surface area contributed by atoms with Gasteiger partial charge in [-0.1, -0.05) is 48.9 Å². The highest BCUT2D eigenvalue weighted by Crippen LogP contribution is 2.45. The molecule has 1 atom stereocenters. The van der Waals surface area contributed by atoms with Gasteiger partial charge in [0, 0.05) is 5.56 Å². The number of carbonyl (C=O) groups is 2. The molecule has 1 N–H and O–H groups in total. The van der Waals surface area contributed by atoms with Gasteiger partial charge in [0.25, 0.3) is 5.78 Å². The van der Waals surface area contributed by atoms with Crippen LogP contribution in [0.3, 0.4) is 0 Å². The van der Waals surface area contributed by atoms with Crippen LogP contribution in [0.25, 0.3) is 16.0 Å². The van der Waals surface area contributed by atoms with Gasteiger partial charge in [-0.15, -0.1) is 0 Å². The number of ether oxygens (including phenoxy) is 3. The summed E-state index contributed by atoms with van der Waals surface area (Å²) in [6, 6.07) is 18.6. The van der Waals surface area contributed by atoms with Crippen molar-refractivity contribution in [1.29, 1.82) is 0 Å². The molecule has 0 saturated carbocycles. The van der Waals surface area contributed by atoms with Crippen molar-refractivity contribution in [1.82, 2.24) is 4.98 Å². The van der Waals surface area contributed by atoms with Crippen LogP contribution in [0.5, 0.6) is 17.2 Å². The predicted octanol–water partition coefficient (Wildman–Crippen LogP) is 6.51. The minimum absolute atomic E-state index is 0.0184. The second-order valence-electron chi connectivity index (χ2n) is 9.23. The van der Waals surface area contributed by atoms with E-state index in [4.69, 9.17) is 14.2 Å². The Morgan fingerprint density at radius 3 is 2.45 bits per heavy atom. The zero-order valence-electron chi connectivity index (χ0n) is 22.5. The Labute approximate surface area is 236 Å². The fraction of sp³-hybridized carbons (Fsp3) is 0.258. The van der Waals surface area contributed by atoms with Crippen LogP contribution in [0.4, 0.5) is 5.13 Å². The number of hydrogen-bond acceptors (Lipinski definition) is 8. The van der Waals surface area contributed by atoms with Gasteiger partial charge >= 0.3 is 5.91 Å². The van der Waals surface area contributed by atoms with Gasteiger partial charge in [0.2, 0.25) is 0 Å². The van der Waals surface area contributed by atoms with Crippen LogP contribution in [0.15, 0.2) is 72.3 Å². The molecular weight excluding hydrogens is 528 g/mol. The molecule has 3 aromatic carbocycles. The first-order chi connectivity index (χ1) is 19.4. The fourth-order valence-corrected chi connectivity index (χ4v) is 5.63. The third-order valence-corrected chi connectivity index (χ3v) is 7.63. The van der Waals surface area contributed by atoms with E-state index in [0.717, 1.165) is 17.5 Å². The highest BCUT2D eigenvalue weighted by molar-refractivity contribution is 7.22. The second-order valence-corrected chi connectivity index (χ2v) is 10.2. The monoisotopic (exact) mass is 558 g/mol. The van der Waals surface area contributed by atoms with E-state index in [2.05, 4.69) is 11.9 Å². The molecule has 5 rings (SSSR count). The number of nitrogens with zero attached hydrogens (tertiary/aromatic N) is 2. The number of fused-ring (bicyclic) bond motifs is 1. The van der Waals surface area contributed by atoms with Crippen LogP contribution in [0.1, 0.15) is 43.9 Å². The molecule has 4 aromatic rings. The number of benzene rings is 3. The molecule has 1 saturated heterocycles. The lowest BCUT2D eigenvalue weighted by Crippen LogP contribution is -2.29. The minimum atomic E-state index is -0.900. The van der Waals surface area contributed by atoms with Crippen molar-refractivity contribution >= 4 is 44.1 Å². The summed E-state index contributed by atoms with van der Waals surface area (Å²) in [5.74, 6) is 0.0686. The van der Waals surface area contributed by atoms with E-state index in [1.807, 2.05) is 25.1 Å². The standard InChI is InChI=1S/C31H30N2O6S/c1-4-6-16-39-22-9-7-8-20(17-22)28(34)26-27(19-10-12-21(37-3)13-11-19)33(30(36)29(26)35)31-32-24-15-14-23(38-5-2)18-25(24)40-31/h7-15,17-18,27,34H,4-6,16H2,1-3H3. The normalized spacial score (nSPS) is 16.5. The van der Waals surface area contributed by atoms with E-state index >= 15 is 0 Å². The number of amides is 1. The molecule has 0 spiro atoms. The number of thiazole rings is 1. The predicted molar refractivity (Wildman–Crippen MR) is 155 cm³/mol. The summed E-state index contributed by atoms with van der Waals surface area (Å²) in [6.45, 7) is 5.05. The number of methoxy groups -OCH3 is 1. The molecule has 1 fully saturated rings. The van der Waals surface area contributed by atoms with Crippen molar-refractivity contribution in [2.75, 3.05) is 25.2 Å². The molecule has 40 heavy (non-hydrogen) atoms. The number of Topliss-reactive ketones (excluding diaryl/α,β-unsaturated/α-hetero) is 1. The SMILES string of the molecule is CCCCOc1cccc(C(O)=C2C(=O)C(=O)N(c3nc4ccc(OCC)cc4s3)C2c2ccc(OC)cc2)c1. The number of hydrogen-bond donors (Lipinski definition) is 1. The van der Waals surface area contributed by atoms with E-state index < -0.39 is 17.7 Å². The maximum Gasteiger partial charge on any atom is 0.301 e. The molecule has 8 nitrogen and oxygen atoms in total. The average molecular weight is 559 g/mol. The third-order valence-electron chi connectivity index (χ3n) is 6.62. The van der Waals surface area contributed by atoms with Gasteiger partial charge in [0.15, 0.2) is 5.13 Å². The maximum absolute atomic E-state index is 13.6. The average Bonchev–Trinajstić information content (AvgIpc) is 3.50. The Hall–Kier alpha value is -4.37.